The first-order valence-electron chi connectivity index (χ1n) is 6.28. The van der Waals surface area contributed by atoms with Gasteiger partial charge in [-0.05, 0) is 18.6 Å². The summed E-state index contributed by atoms with van der Waals surface area (Å²) in [5.74, 6) is 0.218. The number of rotatable bonds is 5. The predicted molar refractivity (Wildman–Crippen MR) is 78.3 cm³/mol. The zero-order valence-corrected chi connectivity index (χ0v) is 11.3. The van der Waals surface area contributed by atoms with Gasteiger partial charge >= 0.3 is 5.97 Å². The van der Waals surface area contributed by atoms with Gasteiger partial charge in [-0.2, -0.15) is 0 Å². The molecule has 0 saturated heterocycles. The van der Waals surface area contributed by atoms with Gasteiger partial charge in [-0.15, -0.1) is 0 Å². The highest BCUT2D eigenvalue weighted by Crippen LogP contribution is 2.29. The number of carbonyl (C=O) groups is 1. The van der Waals surface area contributed by atoms with Crippen molar-refractivity contribution >= 4 is 5.97 Å². The van der Waals surface area contributed by atoms with Crippen LogP contribution in [0.15, 0.2) is 66.7 Å². The van der Waals surface area contributed by atoms with E-state index >= 15 is 0 Å². The van der Waals surface area contributed by atoms with Crippen LogP contribution >= 0.6 is 0 Å². The molecule has 3 heteroatoms. The molecule has 0 unspecified atom stereocenters. The molecule has 2 aromatic carbocycles. The standard InChI is InChI=1S/C17H16O3/c1-13(2)17(18)20-12-19-16-11-7-6-10-15(16)14-8-4-3-5-9-14/h3-11H,1,12H2,2H3. The number of hydrogen-bond donors (Lipinski definition) is 0. The van der Waals surface area contributed by atoms with Gasteiger partial charge in [-0.25, -0.2) is 4.79 Å². The smallest absolute Gasteiger partial charge is 0.335 e. The molecule has 0 aliphatic heterocycles. The lowest BCUT2D eigenvalue weighted by atomic mass is 10.1. The molecule has 0 aliphatic rings. The van der Waals surface area contributed by atoms with Crippen LogP contribution in [0.25, 0.3) is 11.1 Å². The molecule has 0 fully saturated rings. The van der Waals surface area contributed by atoms with Crippen LogP contribution in [-0.2, 0) is 9.53 Å². The summed E-state index contributed by atoms with van der Waals surface area (Å²) in [6.45, 7) is 4.98. The normalized spacial score (nSPS) is 9.85. The first-order valence-corrected chi connectivity index (χ1v) is 6.28. The van der Waals surface area contributed by atoms with Crippen molar-refractivity contribution in [1.29, 1.82) is 0 Å². The molecule has 102 valence electrons. The van der Waals surface area contributed by atoms with Crippen LogP contribution in [0.5, 0.6) is 5.75 Å². The van der Waals surface area contributed by atoms with Crippen molar-refractivity contribution in [1.82, 2.24) is 0 Å². The van der Waals surface area contributed by atoms with Crippen molar-refractivity contribution in [3.63, 3.8) is 0 Å². The summed E-state index contributed by atoms with van der Waals surface area (Å²) in [5.41, 5.74) is 2.36. The Morgan fingerprint density at radius 2 is 1.70 bits per heavy atom. The van der Waals surface area contributed by atoms with E-state index in [2.05, 4.69) is 6.58 Å². The monoisotopic (exact) mass is 268 g/mol. The van der Waals surface area contributed by atoms with Gasteiger partial charge in [-0.1, -0.05) is 55.1 Å². The second-order valence-corrected chi connectivity index (χ2v) is 4.34. The maximum absolute atomic E-state index is 11.3. The Labute approximate surface area is 118 Å². The van der Waals surface area contributed by atoms with E-state index in [0.29, 0.717) is 11.3 Å². The largest absolute Gasteiger partial charge is 0.457 e. The predicted octanol–water partition coefficient (Wildman–Crippen LogP) is 3.81. The van der Waals surface area contributed by atoms with Crippen LogP contribution in [0.2, 0.25) is 0 Å². The summed E-state index contributed by atoms with van der Waals surface area (Å²) in [4.78, 5) is 11.3. The molecule has 0 saturated carbocycles. The quantitative estimate of drug-likeness (QED) is 0.470. The molecule has 0 aliphatic carbocycles. The SMILES string of the molecule is C=C(C)C(=O)OCOc1ccccc1-c1ccccc1. The Kier molecular flexibility index (Phi) is 4.56. The molecular weight excluding hydrogens is 252 g/mol. The van der Waals surface area contributed by atoms with Crippen molar-refractivity contribution in [3.05, 3.63) is 66.7 Å². The van der Waals surface area contributed by atoms with E-state index in [4.69, 9.17) is 9.47 Å². The average molecular weight is 268 g/mol. The van der Waals surface area contributed by atoms with E-state index in [1.54, 1.807) is 6.92 Å². The molecule has 3 nitrogen and oxygen atoms in total. The van der Waals surface area contributed by atoms with Crippen molar-refractivity contribution in [3.8, 4) is 16.9 Å². The van der Waals surface area contributed by atoms with E-state index in [9.17, 15) is 4.79 Å². The van der Waals surface area contributed by atoms with Crippen LogP contribution < -0.4 is 4.74 Å². The van der Waals surface area contributed by atoms with E-state index in [-0.39, 0.29) is 6.79 Å². The van der Waals surface area contributed by atoms with Crippen molar-refractivity contribution in [2.75, 3.05) is 6.79 Å². The molecule has 0 amide bonds. The zero-order chi connectivity index (χ0) is 14.4. The highest BCUT2D eigenvalue weighted by Gasteiger charge is 2.07. The maximum atomic E-state index is 11.3. The van der Waals surface area contributed by atoms with Crippen LogP contribution in [-0.4, -0.2) is 12.8 Å². The molecule has 2 rings (SSSR count). The second kappa shape index (κ2) is 6.57. The number of para-hydroxylation sites is 1. The number of benzene rings is 2. The van der Waals surface area contributed by atoms with E-state index in [1.165, 1.54) is 0 Å². The lowest BCUT2D eigenvalue weighted by molar-refractivity contribution is -0.145. The van der Waals surface area contributed by atoms with Crippen molar-refractivity contribution in [2.45, 2.75) is 6.92 Å². The fourth-order valence-corrected chi connectivity index (χ4v) is 1.72. The highest BCUT2D eigenvalue weighted by molar-refractivity contribution is 5.86. The average Bonchev–Trinajstić information content (AvgIpc) is 2.48. The first kappa shape index (κ1) is 13.9. The first-order chi connectivity index (χ1) is 9.68. The fraction of sp³-hybridized carbons (Fsp3) is 0.118. The summed E-state index contributed by atoms with van der Waals surface area (Å²) in [5, 5.41) is 0. The number of esters is 1. The Morgan fingerprint density at radius 1 is 1.05 bits per heavy atom. The number of ether oxygens (including phenoxy) is 2. The molecule has 0 spiro atoms. The zero-order valence-electron chi connectivity index (χ0n) is 11.3. The summed E-state index contributed by atoms with van der Waals surface area (Å²) in [6.07, 6.45) is 0. The van der Waals surface area contributed by atoms with Gasteiger partial charge < -0.3 is 9.47 Å². The fourth-order valence-electron chi connectivity index (χ4n) is 1.72. The van der Waals surface area contributed by atoms with Crippen LogP contribution in [0, 0.1) is 0 Å². The lowest BCUT2D eigenvalue weighted by Gasteiger charge is -2.11. The topological polar surface area (TPSA) is 35.5 Å². The molecule has 0 N–H and O–H groups in total. The molecule has 0 aromatic heterocycles. The summed E-state index contributed by atoms with van der Waals surface area (Å²) >= 11 is 0. The van der Waals surface area contributed by atoms with Gasteiger partial charge in [0.05, 0.1) is 0 Å². The minimum absolute atomic E-state index is 0.129. The molecule has 0 atom stereocenters. The van der Waals surface area contributed by atoms with Gasteiger partial charge in [0.2, 0.25) is 6.79 Å². The van der Waals surface area contributed by atoms with Crippen LogP contribution in [0.4, 0.5) is 0 Å². The van der Waals surface area contributed by atoms with Gasteiger partial charge in [0.1, 0.15) is 5.75 Å². The van der Waals surface area contributed by atoms with Gasteiger partial charge in [0.25, 0.3) is 0 Å². The van der Waals surface area contributed by atoms with Crippen molar-refractivity contribution in [2.24, 2.45) is 0 Å². The van der Waals surface area contributed by atoms with Crippen LogP contribution in [0.3, 0.4) is 0 Å². The minimum atomic E-state index is -0.456. The highest BCUT2D eigenvalue weighted by atomic mass is 16.7. The van der Waals surface area contributed by atoms with Gasteiger partial charge in [0.15, 0.2) is 0 Å². The van der Waals surface area contributed by atoms with Crippen molar-refractivity contribution < 1.29 is 14.3 Å². The summed E-state index contributed by atoms with van der Waals surface area (Å²) in [6, 6.07) is 17.5. The summed E-state index contributed by atoms with van der Waals surface area (Å²) in [7, 11) is 0. The second-order valence-electron chi connectivity index (χ2n) is 4.34. The van der Waals surface area contributed by atoms with E-state index < -0.39 is 5.97 Å². The van der Waals surface area contributed by atoms with E-state index in [1.807, 2.05) is 54.6 Å². The van der Waals surface area contributed by atoms with Gasteiger partial charge in [0, 0.05) is 11.1 Å². The molecule has 0 radical (unpaired) electrons. The summed E-state index contributed by atoms with van der Waals surface area (Å²) < 4.78 is 10.5. The minimum Gasteiger partial charge on any atom is -0.457 e. The molecule has 0 bridgehead atoms. The van der Waals surface area contributed by atoms with Crippen LogP contribution in [0.1, 0.15) is 6.92 Å². The number of carbonyl (C=O) groups excluding carboxylic acids is 1. The Balaban J connectivity index is 2.09. The lowest BCUT2D eigenvalue weighted by Crippen LogP contribution is -2.11. The Morgan fingerprint density at radius 3 is 2.40 bits per heavy atom. The Hall–Kier alpha value is -2.55. The maximum Gasteiger partial charge on any atom is 0.335 e. The third-order valence-corrected chi connectivity index (χ3v) is 2.72. The molecular formula is C17H16O3. The third-order valence-electron chi connectivity index (χ3n) is 2.72. The Bertz CT molecular complexity index is 603. The molecule has 20 heavy (non-hydrogen) atoms. The number of hydrogen-bond acceptors (Lipinski definition) is 3. The van der Waals surface area contributed by atoms with E-state index in [0.717, 1.165) is 11.1 Å². The molecule has 0 heterocycles. The third kappa shape index (κ3) is 3.48. The van der Waals surface area contributed by atoms with Gasteiger partial charge in [-0.3, -0.25) is 0 Å². The molecule has 2 aromatic rings.